The van der Waals surface area contributed by atoms with Crippen LogP contribution in [0.2, 0.25) is 0 Å². The highest BCUT2D eigenvalue weighted by molar-refractivity contribution is 5.84. The zero-order valence-electron chi connectivity index (χ0n) is 15.6. The fourth-order valence-corrected chi connectivity index (χ4v) is 2.96. The molecular formula is C23H25NO2. The van der Waals surface area contributed by atoms with Crippen LogP contribution in [0, 0.1) is 13.8 Å². The summed E-state index contributed by atoms with van der Waals surface area (Å²) in [6, 6.07) is 20.5. The van der Waals surface area contributed by atoms with Crippen molar-refractivity contribution in [2.24, 2.45) is 0 Å². The van der Waals surface area contributed by atoms with Crippen molar-refractivity contribution in [2.45, 2.75) is 39.8 Å². The van der Waals surface area contributed by atoms with E-state index in [1.165, 1.54) is 10.8 Å². The minimum Gasteiger partial charge on any atom is -0.480 e. The second-order valence-corrected chi connectivity index (χ2v) is 6.68. The normalized spacial score (nSPS) is 12.0. The maximum Gasteiger partial charge on any atom is 0.261 e. The lowest BCUT2D eigenvalue weighted by molar-refractivity contribution is -0.128. The van der Waals surface area contributed by atoms with Crippen LogP contribution in [0.1, 0.15) is 30.0 Å². The third-order valence-electron chi connectivity index (χ3n) is 4.56. The lowest BCUT2D eigenvalue weighted by Crippen LogP contribution is -2.37. The molecule has 0 aromatic heterocycles. The Balaban J connectivity index is 1.65. The monoisotopic (exact) mass is 347 g/mol. The van der Waals surface area contributed by atoms with Crippen molar-refractivity contribution in [2.75, 3.05) is 0 Å². The Labute approximate surface area is 155 Å². The predicted octanol–water partition coefficient (Wildman–Crippen LogP) is 4.93. The molecule has 1 N–H and O–H groups in total. The van der Waals surface area contributed by atoms with Crippen LogP contribution in [0.4, 0.5) is 0 Å². The molecule has 0 heterocycles. The van der Waals surface area contributed by atoms with Gasteiger partial charge in [-0.25, -0.2) is 0 Å². The predicted molar refractivity (Wildman–Crippen MR) is 106 cm³/mol. The number of ether oxygens (including phenoxy) is 1. The number of hydrogen-bond acceptors (Lipinski definition) is 2. The van der Waals surface area contributed by atoms with Gasteiger partial charge in [0.25, 0.3) is 5.91 Å². The average Bonchev–Trinajstić information content (AvgIpc) is 2.66. The van der Waals surface area contributed by atoms with Crippen LogP contribution < -0.4 is 10.1 Å². The van der Waals surface area contributed by atoms with E-state index in [-0.39, 0.29) is 5.91 Å². The zero-order valence-corrected chi connectivity index (χ0v) is 15.6. The number of fused-ring (bicyclic) bond motifs is 1. The van der Waals surface area contributed by atoms with E-state index in [2.05, 4.69) is 35.6 Å². The van der Waals surface area contributed by atoms with E-state index >= 15 is 0 Å². The molecule has 0 radical (unpaired) electrons. The van der Waals surface area contributed by atoms with Crippen molar-refractivity contribution in [1.82, 2.24) is 5.32 Å². The molecule has 1 amide bonds. The topological polar surface area (TPSA) is 38.3 Å². The maximum atomic E-state index is 12.6. The molecule has 0 saturated carbocycles. The van der Waals surface area contributed by atoms with Crippen LogP contribution in [-0.4, -0.2) is 12.0 Å². The zero-order chi connectivity index (χ0) is 18.5. The van der Waals surface area contributed by atoms with Crippen molar-refractivity contribution in [3.05, 3.63) is 77.4 Å². The van der Waals surface area contributed by atoms with Crippen LogP contribution in [0.3, 0.4) is 0 Å². The number of rotatable bonds is 6. The molecular weight excluding hydrogens is 322 g/mol. The van der Waals surface area contributed by atoms with Gasteiger partial charge in [-0.05, 0) is 59.9 Å². The molecule has 0 aliphatic rings. The van der Waals surface area contributed by atoms with Crippen molar-refractivity contribution in [1.29, 1.82) is 0 Å². The number of amides is 1. The van der Waals surface area contributed by atoms with Crippen molar-refractivity contribution in [3.63, 3.8) is 0 Å². The molecule has 0 fully saturated rings. The van der Waals surface area contributed by atoms with Crippen LogP contribution in [0.5, 0.6) is 5.75 Å². The molecule has 3 heteroatoms. The van der Waals surface area contributed by atoms with Crippen molar-refractivity contribution >= 4 is 16.7 Å². The van der Waals surface area contributed by atoms with Crippen LogP contribution in [0.25, 0.3) is 10.8 Å². The van der Waals surface area contributed by atoms with Crippen molar-refractivity contribution < 1.29 is 9.53 Å². The van der Waals surface area contributed by atoms with Gasteiger partial charge in [-0.2, -0.15) is 0 Å². The summed E-state index contributed by atoms with van der Waals surface area (Å²) in [5, 5.41) is 5.38. The molecule has 3 rings (SSSR count). The Bertz CT molecular complexity index is 917. The fourth-order valence-electron chi connectivity index (χ4n) is 2.96. The maximum absolute atomic E-state index is 12.6. The lowest BCUT2D eigenvalue weighted by Gasteiger charge is -2.19. The second kappa shape index (κ2) is 8.05. The van der Waals surface area contributed by atoms with Gasteiger partial charge in [0.05, 0.1) is 0 Å². The third kappa shape index (κ3) is 4.23. The first-order valence-corrected chi connectivity index (χ1v) is 9.06. The summed E-state index contributed by atoms with van der Waals surface area (Å²) in [6.07, 6.45) is 0.132. The van der Waals surface area contributed by atoms with E-state index in [9.17, 15) is 4.79 Å². The number of carbonyl (C=O) groups excluding carboxylic acids is 1. The molecule has 0 saturated heterocycles. The fraction of sp³-hybridized carbons (Fsp3) is 0.261. The van der Waals surface area contributed by atoms with E-state index in [1.807, 2.05) is 51.1 Å². The standard InChI is InChI=1S/C23H25NO2/c1-4-21(26-22-13-16(2)9-10-17(22)3)23(25)24-15-18-11-12-19-7-5-6-8-20(19)14-18/h5-14,21H,4,15H2,1-3H3,(H,24,25). The van der Waals surface area contributed by atoms with Crippen LogP contribution in [-0.2, 0) is 11.3 Å². The average molecular weight is 347 g/mol. The van der Waals surface area contributed by atoms with Crippen molar-refractivity contribution in [3.8, 4) is 5.75 Å². The minimum absolute atomic E-state index is 0.0819. The molecule has 26 heavy (non-hydrogen) atoms. The van der Waals surface area contributed by atoms with Gasteiger partial charge in [0.2, 0.25) is 0 Å². The summed E-state index contributed by atoms with van der Waals surface area (Å²) >= 11 is 0. The van der Waals surface area contributed by atoms with Crippen LogP contribution in [0.15, 0.2) is 60.7 Å². The largest absolute Gasteiger partial charge is 0.480 e. The molecule has 0 bridgehead atoms. The molecule has 1 unspecified atom stereocenters. The summed E-state index contributed by atoms with van der Waals surface area (Å²) in [4.78, 5) is 12.6. The van der Waals surface area contributed by atoms with Gasteiger partial charge in [0.15, 0.2) is 6.10 Å². The number of benzene rings is 3. The molecule has 1 atom stereocenters. The highest BCUT2D eigenvalue weighted by atomic mass is 16.5. The van der Waals surface area contributed by atoms with Gasteiger partial charge in [-0.1, -0.05) is 55.5 Å². The Morgan fingerprint density at radius 3 is 2.54 bits per heavy atom. The first kappa shape index (κ1) is 18.0. The quantitative estimate of drug-likeness (QED) is 0.686. The Morgan fingerprint density at radius 1 is 1.00 bits per heavy atom. The number of aryl methyl sites for hydroxylation is 2. The number of nitrogens with one attached hydrogen (secondary N) is 1. The van der Waals surface area contributed by atoms with E-state index in [4.69, 9.17) is 4.74 Å². The van der Waals surface area contributed by atoms with Gasteiger partial charge in [0.1, 0.15) is 5.75 Å². The van der Waals surface area contributed by atoms with E-state index in [1.54, 1.807) is 0 Å². The third-order valence-corrected chi connectivity index (χ3v) is 4.56. The molecule has 0 aliphatic heterocycles. The molecule has 3 aromatic rings. The van der Waals surface area contributed by atoms with Crippen LogP contribution >= 0.6 is 0 Å². The highest BCUT2D eigenvalue weighted by Gasteiger charge is 2.19. The summed E-state index contributed by atoms with van der Waals surface area (Å²) in [5.74, 6) is 0.694. The lowest BCUT2D eigenvalue weighted by atomic mass is 10.1. The van der Waals surface area contributed by atoms with Gasteiger partial charge in [-0.3, -0.25) is 4.79 Å². The van der Waals surface area contributed by atoms with Gasteiger partial charge in [-0.15, -0.1) is 0 Å². The summed E-state index contributed by atoms with van der Waals surface area (Å²) < 4.78 is 5.98. The molecule has 0 spiro atoms. The first-order valence-electron chi connectivity index (χ1n) is 9.06. The Kier molecular flexibility index (Phi) is 5.57. The summed E-state index contributed by atoms with van der Waals surface area (Å²) in [5.41, 5.74) is 3.24. The van der Waals surface area contributed by atoms with Gasteiger partial charge in [0, 0.05) is 6.54 Å². The molecule has 3 nitrogen and oxygen atoms in total. The molecule has 3 aromatic carbocycles. The summed E-state index contributed by atoms with van der Waals surface area (Å²) in [7, 11) is 0. The summed E-state index contributed by atoms with van der Waals surface area (Å²) in [6.45, 7) is 6.48. The molecule has 0 aliphatic carbocycles. The first-order chi connectivity index (χ1) is 12.6. The SMILES string of the molecule is CCC(Oc1cc(C)ccc1C)C(=O)NCc1ccc2ccccc2c1. The van der Waals surface area contributed by atoms with E-state index in [0.29, 0.717) is 13.0 Å². The van der Waals surface area contributed by atoms with E-state index < -0.39 is 6.10 Å². The number of hydrogen-bond donors (Lipinski definition) is 1. The minimum atomic E-state index is -0.490. The highest BCUT2D eigenvalue weighted by Crippen LogP contribution is 2.21. The Hall–Kier alpha value is -2.81. The van der Waals surface area contributed by atoms with E-state index in [0.717, 1.165) is 22.4 Å². The van der Waals surface area contributed by atoms with Gasteiger partial charge < -0.3 is 10.1 Å². The second-order valence-electron chi connectivity index (χ2n) is 6.68. The molecule has 134 valence electrons. The Morgan fingerprint density at radius 2 is 1.77 bits per heavy atom. The smallest absolute Gasteiger partial charge is 0.261 e. The van der Waals surface area contributed by atoms with Gasteiger partial charge >= 0.3 is 0 Å². The number of carbonyl (C=O) groups is 1.